The lowest BCUT2D eigenvalue weighted by atomic mass is 9.80. The van der Waals surface area contributed by atoms with Crippen LogP contribution in [-0.2, 0) is 73.8 Å². The third kappa shape index (κ3) is 19.5. The number of rotatable bonds is 26. The zero-order valence-corrected chi connectivity index (χ0v) is 46.4. The fraction of sp³-hybridized carbons (Fsp3) is 0.467. The highest BCUT2D eigenvalue weighted by molar-refractivity contribution is 5.69. The second kappa shape index (κ2) is 32.2. The third-order valence-corrected chi connectivity index (χ3v) is 14.2. The van der Waals surface area contributed by atoms with Gasteiger partial charge in [-0.3, -0.25) is 5.32 Å². The summed E-state index contributed by atoms with van der Waals surface area (Å²) in [5.74, 6) is -0.381. The second-order valence-corrected chi connectivity index (χ2v) is 20.5. The minimum Gasteiger partial charge on any atom is -0.445 e. The van der Waals surface area contributed by atoms with Crippen molar-refractivity contribution in [1.29, 1.82) is 0 Å². The van der Waals surface area contributed by atoms with Gasteiger partial charge in [0.25, 0.3) is 0 Å². The average Bonchev–Trinajstić information content (AvgIpc) is 3.97. The molecule has 14 atom stereocenters. The van der Waals surface area contributed by atoms with Crippen LogP contribution in [0.1, 0.15) is 55.4 Å². The number of ether oxygens (including phenoxy) is 10. The highest BCUT2D eigenvalue weighted by Gasteiger charge is 2.50. The molecule has 4 amide bonds. The van der Waals surface area contributed by atoms with Gasteiger partial charge in [-0.15, -0.1) is 0 Å². The molecule has 23 nitrogen and oxygen atoms in total. The molecule has 448 valence electrons. The minimum atomic E-state index is -1.33. The Morgan fingerprint density at radius 1 is 0.590 bits per heavy atom. The molecule has 4 aliphatic rings. The highest BCUT2D eigenvalue weighted by atomic mass is 16.7. The van der Waals surface area contributed by atoms with Crippen LogP contribution in [0.3, 0.4) is 0 Å². The molecule has 4 aromatic carbocycles. The lowest BCUT2D eigenvalue weighted by Crippen LogP contribution is -2.62. The number of benzene rings is 4. The molecule has 1 saturated heterocycles. The van der Waals surface area contributed by atoms with E-state index in [4.69, 9.17) is 47.4 Å². The van der Waals surface area contributed by atoms with Crippen molar-refractivity contribution in [3.8, 4) is 0 Å². The SMILES string of the molecule is CCC1C=CC(NC(=O)OCc2ccccc2)C(OC2C(C)CC(NCN(O)CCNC(=O)OCc3ccccc3)C(O)C2OC2CC(OC3OC(CNC(=O)OCc4ccccc4)C=CC3NC(=O)OCc3ccccc3)C(CO)O2)O1. The maximum Gasteiger partial charge on any atom is 0.408 e. The van der Waals surface area contributed by atoms with Crippen LogP contribution in [0.5, 0.6) is 0 Å². The van der Waals surface area contributed by atoms with Crippen LogP contribution in [0.15, 0.2) is 146 Å². The molecule has 3 heterocycles. The number of hydrogen-bond acceptors (Lipinski definition) is 19. The molecule has 23 heteroatoms. The Morgan fingerprint density at radius 3 is 1.59 bits per heavy atom. The summed E-state index contributed by atoms with van der Waals surface area (Å²) in [6.45, 7) is 3.38. The molecule has 0 radical (unpaired) electrons. The predicted molar refractivity (Wildman–Crippen MR) is 297 cm³/mol. The van der Waals surface area contributed by atoms with Crippen LogP contribution >= 0.6 is 0 Å². The number of hydrogen-bond donors (Lipinski definition) is 8. The number of aliphatic hydroxyl groups is 2. The number of carbonyl (C=O) groups is 4. The van der Waals surface area contributed by atoms with E-state index in [1.807, 2.05) is 141 Å². The van der Waals surface area contributed by atoms with Crippen molar-refractivity contribution in [2.24, 2.45) is 5.92 Å². The Labute approximate surface area is 482 Å². The van der Waals surface area contributed by atoms with Gasteiger partial charge >= 0.3 is 24.4 Å². The van der Waals surface area contributed by atoms with Gasteiger partial charge in [-0.1, -0.05) is 159 Å². The first-order valence-corrected chi connectivity index (χ1v) is 28.0. The van der Waals surface area contributed by atoms with Crippen molar-refractivity contribution >= 4 is 24.4 Å². The van der Waals surface area contributed by atoms with Gasteiger partial charge < -0.3 is 84.1 Å². The molecule has 0 aromatic heterocycles. The van der Waals surface area contributed by atoms with E-state index in [2.05, 4.69) is 26.6 Å². The maximum absolute atomic E-state index is 13.3. The molecule has 4 aromatic rings. The van der Waals surface area contributed by atoms with E-state index in [0.717, 1.165) is 27.3 Å². The molecule has 8 rings (SSSR count). The first kappa shape index (κ1) is 62.1. The topological polar surface area (TPSA) is 285 Å². The zero-order valence-electron chi connectivity index (χ0n) is 46.4. The van der Waals surface area contributed by atoms with Gasteiger partial charge in [0.1, 0.15) is 50.7 Å². The van der Waals surface area contributed by atoms with Crippen LogP contribution in [0.4, 0.5) is 19.2 Å². The standard InChI is InChI=1S/C60H76N6O17/c1-3-44-24-26-47(65-60(72)77-37-43-22-14-7-15-23-43)56(78-44)83-53-39(2)30-48(63-38-66(73)29-28-61-57(69)74-34-40-16-8-4-9-17-40)52(68)54(53)82-51-31-49(50(33-67)80-51)81-55-46(64-59(71)76-36-42-20-12-6-13-21-42)27-25-45(79-55)32-62-58(70)75-35-41-18-10-5-11-19-41/h4-27,39,44-56,63,67-68,73H,3,28-38H2,1-2H3,(H,61,69)(H,62,70)(H,64,71)(H,65,72). The molecule has 14 unspecified atom stereocenters. The van der Waals surface area contributed by atoms with Crippen molar-refractivity contribution in [3.05, 3.63) is 168 Å². The largest absolute Gasteiger partial charge is 0.445 e. The first-order chi connectivity index (χ1) is 40.4. The molecule has 1 aliphatic carbocycles. The van der Waals surface area contributed by atoms with Crippen LogP contribution < -0.4 is 26.6 Å². The molecular formula is C60H76N6O17. The summed E-state index contributed by atoms with van der Waals surface area (Å²) in [6, 6.07) is 34.4. The molecule has 1 saturated carbocycles. The molecule has 8 N–H and O–H groups in total. The molecule has 3 aliphatic heterocycles. The van der Waals surface area contributed by atoms with E-state index in [1.54, 1.807) is 18.2 Å². The fourth-order valence-electron chi connectivity index (χ4n) is 9.78. The van der Waals surface area contributed by atoms with Gasteiger partial charge in [-0.05, 0) is 41.0 Å². The Bertz CT molecular complexity index is 2670. The Balaban J connectivity index is 0.945. The summed E-state index contributed by atoms with van der Waals surface area (Å²) in [4.78, 5) is 51.7. The molecule has 2 fully saturated rings. The van der Waals surface area contributed by atoms with Gasteiger partial charge in [-0.2, -0.15) is 5.06 Å². The molecule has 0 bridgehead atoms. The smallest absolute Gasteiger partial charge is 0.408 e. The average molecular weight is 1150 g/mol. The van der Waals surface area contributed by atoms with E-state index in [-0.39, 0.29) is 71.2 Å². The van der Waals surface area contributed by atoms with Crippen molar-refractivity contribution < 1.29 is 82.0 Å². The maximum atomic E-state index is 13.3. The van der Waals surface area contributed by atoms with E-state index < -0.39 is 105 Å². The second-order valence-electron chi connectivity index (χ2n) is 20.5. The van der Waals surface area contributed by atoms with Gasteiger partial charge in [0.15, 0.2) is 18.9 Å². The van der Waals surface area contributed by atoms with E-state index >= 15 is 0 Å². The quantitative estimate of drug-likeness (QED) is 0.0163. The molecule has 83 heavy (non-hydrogen) atoms. The van der Waals surface area contributed by atoms with Crippen LogP contribution in [-0.4, -0.2) is 157 Å². The van der Waals surface area contributed by atoms with Crippen LogP contribution in [0.2, 0.25) is 0 Å². The molecule has 0 spiro atoms. The lowest BCUT2D eigenvalue weighted by Gasteiger charge is -2.46. The lowest BCUT2D eigenvalue weighted by molar-refractivity contribution is -0.280. The van der Waals surface area contributed by atoms with Crippen LogP contribution in [0.25, 0.3) is 0 Å². The van der Waals surface area contributed by atoms with Gasteiger partial charge in [0.05, 0.1) is 50.3 Å². The minimum absolute atomic E-state index is 0.00716. The molecular weight excluding hydrogens is 1080 g/mol. The Morgan fingerprint density at radius 2 is 1.07 bits per heavy atom. The highest BCUT2D eigenvalue weighted by Crippen LogP contribution is 2.36. The summed E-state index contributed by atoms with van der Waals surface area (Å²) in [5, 5.41) is 49.2. The van der Waals surface area contributed by atoms with E-state index in [1.165, 1.54) is 0 Å². The van der Waals surface area contributed by atoms with Crippen molar-refractivity contribution in [1.82, 2.24) is 31.6 Å². The number of nitrogens with one attached hydrogen (secondary N) is 5. The zero-order chi connectivity index (χ0) is 58.3. The van der Waals surface area contributed by atoms with E-state index in [9.17, 15) is 34.6 Å². The van der Waals surface area contributed by atoms with Crippen molar-refractivity contribution in [2.45, 2.75) is 139 Å². The number of amides is 4. The number of carbonyl (C=O) groups excluding carboxylic acids is 4. The summed E-state index contributed by atoms with van der Waals surface area (Å²) in [5.41, 5.74) is 3.19. The van der Waals surface area contributed by atoms with Gasteiger partial charge in [0, 0.05) is 25.6 Å². The Kier molecular flexibility index (Phi) is 24.0. The summed E-state index contributed by atoms with van der Waals surface area (Å²) < 4.78 is 61.0. The predicted octanol–water partition coefficient (Wildman–Crippen LogP) is 5.67. The number of alkyl carbamates (subject to hydrolysis) is 4. The van der Waals surface area contributed by atoms with Gasteiger partial charge in [-0.25, -0.2) is 19.2 Å². The van der Waals surface area contributed by atoms with Crippen molar-refractivity contribution in [3.63, 3.8) is 0 Å². The number of hydroxylamine groups is 2. The fourth-order valence-corrected chi connectivity index (χ4v) is 9.78. The van der Waals surface area contributed by atoms with Gasteiger partial charge in [0.2, 0.25) is 0 Å². The summed E-state index contributed by atoms with van der Waals surface area (Å²) in [7, 11) is 0. The monoisotopic (exact) mass is 1150 g/mol. The summed E-state index contributed by atoms with van der Waals surface area (Å²) in [6.07, 6.45) is -4.89. The van der Waals surface area contributed by atoms with E-state index in [0.29, 0.717) is 12.8 Å². The Hall–Kier alpha value is -7.00. The van der Waals surface area contributed by atoms with Crippen LogP contribution in [0, 0.1) is 5.92 Å². The number of aliphatic hydroxyl groups excluding tert-OH is 2. The first-order valence-electron chi connectivity index (χ1n) is 28.0. The van der Waals surface area contributed by atoms with Crippen molar-refractivity contribution in [2.75, 3.05) is 32.9 Å². The summed E-state index contributed by atoms with van der Waals surface area (Å²) >= 11 is 0. The normalized spacial score (nSPS) is 27.5. The number of nitrogens with zero attached hydrogens (tertiary/aromatic N) is 1. The third-order valence-electron chi connectivity index (χ3n) is 14.2.